The van der Waals surface area contributed by atoms with E-state index in [0.29, 0.717) is 30.4 Å². The van der Waals surface area contributed by atoms with Gasteiger partial charge < -0.3 is 5.73 Å². The van der Waals surface area contributed by atoms with Crippen LogP contribution in [0.2, 0.25) is 0 Å². The molecular formula is C16H21FN2OS2. The Bertz CT molecular complexity index is 525. The second-order valence-corrected chi connectivity index (χ2v) is 7.85. The highest BCUT2D eigenvalue weighted by atomic mass is 33.1. The minimum absolute atomic E-state index is 0.168. The number of carbonyl (C=O) groups is 1. The van der Waals surface area contributed by atoms with E-state index in [1.165, 1.54) is 6.07 Å². The lowest BCUT2D eigenvalue weighted by Gasteiger charge is -2.33. The van der Waals surface area contributed by atoms with Crippen molar-refractivity contribution >= 4 is 27.9 Å². The van der Waals surface area contributed by atoms with E-state index in [2.05, 4.69) is 4.90 Å². The molecule has 1 saturated heterocycles. The van der Waals surface area contributed by atoms with E-state index in [1.54, 1.807) is 33.7 Å². The first-order chi connectivity index (χ1) is 10.7. The first kappa shape index (κ1) is 17.5. The SMILES string of the molecule is NCCSSC1CCN(Cc2ccccc2F)C/C1=C/C=O. The Labute approximate surface area is 138 Å². The molecule has 0 aromatic heterocycles. The molecule has 22 heavy (non-hydrogen) atoms. The van der Waals surface area contributed by atoms with Gasteiger partial charge in [0.05, 0.1) is 0 Å². The van der Waals surface area contributed by atoms with Gasteiger partial charge >= 0.3 is 0 Å². The molecule has 0 spiro atoms. The molecule has 0 amide bonds. The van der Waals surface area contributed by atoms with Gasteiger partial charge in [-0.2, -0.15) is 0 Å². The molecule has 6 heteroatoms. The van der Waals surface area contributed by atoms with Gasteiger partial charge in [0, 0.05) is 42.7 Å². The number of nitrogens with zero attached hydrogens (tertiary/aromatic N) is 1. The van der Waals surface area contributed by atoms with Crippen molar-refractivity contribution in [1.29, 1.82) is 0 Å². The van der Waals surface area contributed by atoms with Crippen LogP contribution >= 0.6 is 21.6 Å². The predicted molar refractivity (Wildman–Crippen MR) is 93.3 cm³/mol. The average Bonchev–Trinajstić information content (AvgIpc) is 2.52. The summed E-state index contributed by atoms with van der Waals surface area (Å²) in [6, 6.07) is 6.86. The van der Waals surface area contributed by atoms with Crippen LogP contribution in [0.15, 0.2) is 35.9 Å². The summed E-state index contributed by atoms with van der Waals surface area (Å²) in [6.45, 7) is 2.87. The van der Waals surface area contributed by atoms with Crippen LogP contribution in [0.25, 0.3) is 0 Å². The third-order valence-corrected chi connectivity index (χ3v) is 6.46. The van der Waals surface area contributed by atoms with Crippen molar-refractivity contribution in [2.45, 2.75) is 18.2 Å². The minimum atomic E-state index is -0.168. The molecule has 1 aliphatic rings. The summed E-state index contributed by atoms with van der Waals surface area (Å²) in [7, 11) is 3.54. The molecule has 2 N–H and O–H groups in total. The van der Waals surface area contributed by atoms with Crippen molar-refractivity contribution in [3.63, 3.8) is 0 Å². The zero-order chi connectivity index (χ0) is 15.8. The van der Waals surface area contributed by atoms with Crippen LogP contribution in [-0.4, -0.2) is 41.8 Å². The molecule has 1 aromatic carbocycles. The summed E-state index contributed by atoms with van der Waals surface area (Å²) >= 11 is 0. The molecule has 0 bridgehead atoms. The smallest absolute Gasteiger partial charge is 0.142 e. The van der Waals surface area contributed by atoms with Gasteiger partial charge in [0.1, 0.15) is 12.1 Å². The van der Waals surface area contributed by atoms with E-state index in [9.17, 15) is 9.18 Å². The maximum Gasteiger partial charge on any atom is 0.142 e. The third-order valence-electron chi connectivity index (χ3n) is 3.55. The molecule has 1 aliphatic heterocycles. The number of benzene rings is 1. The van der Waals surface area contributed by atoms with E-state index < -0.39 is 0 Å². The normalized spacial score (nSPS) is 21.2. The molecule has 0 aliphatic carbocycles. The molecule has 120 valence electrons. The van der Waals surface area contributed by atoms with Gasteiger partial charge in [0.25, 0.3) is 0 Å². The highest BCUT2D eigenvalue weighted by Crippen LogP contribution is 2.36. The number of hydrogen-bond donors (Lipinski definition) is 1. The van der Waals surface area contributed by atoms with Gasteiger partial charge in [0.15, 0.2) is 0 Å². The largest absolute Gasteiger partial charge is 0.330 e. The van der Waals surface area contributed by atoms with Crippen LogP contribution in [-0.2, 0) is 11.3 Å². The minimum Gasteiger partial charge on any atom is -0.330 e. The van der Waals surface area contributed by atoms with Crippen LogP contribution in [0.3, 0.4) is 0 Å². The lowest BCUT2D eigenvalue weighted by molar-refractivity contribution is -0.104. The molecule has 1 atom stereocenters. The maximum atomic E-state index is 13.8. The lowest BCUT2D eigenvalue weighted by atomic mass is 10.0. The Balaban J connectivity index is 1.96. The van der Waals surface area contributed by atoms with Crippen molar-refractivity contribution < 1.29 is 9.18 Å². The number of halogens is 1. The summed E-state index contributed by atoms with van der Waals surface area (Å²) in [6.07, 6.45) is 3.48. The van der Waals surface area contributed by atoms with Gasteiger partial charge in [-0.1, -0.05) is 39.8 Å². The van der Waals surface area contributed by atoms with Gasteiger partial charge in [-0.05, 0) is 24.1 Å². The summed E-state index contributed by atoms with van der Waals surface area (Å²) in [5.41, 5.74) is 7.33. The monoisotopic (exact) mass is 340 g/mol. The second-order valence-electron chi connectivity index (χ2n) is 5.16. The summed E-state index contributed by atoms with van der Waals surface area (Å²) in [5.74, 6) is 0.743. The fourth-order valence-corrected chi connectivity index (χ4v) is 5.03. The molecular weight excluding hydrogens is 319 g/mol. The van der Waals surface area contributed by atoms with Crippen molar-refractivity contribution in [2.24, 2.45) is 5.73 Å². The Morgan fingerprint density at radius 3 is 2.95 bits per heavy atom. The summed E-state index contributed by atoms with van der Waals surface area (Å²) < 4.78 is 13.8. The summed E-state index contributed by atoms with van der Waals surface area (Å²) in [4.78, 5) is 13.1. The fourth-order valence-electron chi connectivity index (χ4n) is 2.46. The van der Waals surface area contributed by atoms with E-state index in [0.717, 1.165) is 30.6 Å². The highest BCUT2D eigenvalue weighted by Gasteiger charge is 2.24. The van der Waals surface area contributed by atoms with Crippen LogP contribution in [0.5, 0.6) is 0 Å². The van der Waals surface area contributed by atoms with Crippen LogP contribution in [0.4, 0.5) is 4.39 Å². The van der Waals surface area contributed by atoms with Gasteiger partial charge in [-0.3, -0.25) is 9.69 Å². The number of rotatable bonds is 7. The zero-order valence-electron chi connectivity index (χ0n) is 12.4. The molecule has 1 heterocycles. The Morgan fingerprint density at radius 1 is 1.41 bits per heavy atom. The van der Waals surface area contributed by atoms with Crippen molar-refractivity contribution in [1.82, 2.24) is 4.90 Å². The second kappa shape index (κ2) is 9.35. The number of hydrogen-bond acceptors (Lipinski definition) is 5. The van der Waals surface area contributed by atoms with Crippen molar-refractivity contribution in [3.05, 3.63) is 47.3 Å². The number of aldehydes is 1. The van der Waals surface area contributed by atoms with Crippen molar-refractivity contribution in [2.75, 3.05) is 25.4 Å². The van der Waals surface area contributed by atoms with E-state index in [1.807, 2.05) is 12.1 Å². The molecule has 1 fully saturated rings. The molecule has 1 unspecified atom stereocenters. The topological polar surface area (TPSA) is 46.3 Å². The van der Waals surface area contributed by atoms with Crippen molar-refractivity contribution in [3.8, 4) is 0 Å². The standard InChI is InChI=1S/C16H21FN2OS2/c17-15-4-2-1-3-13(15)11-19-8-5-16(22-21-10-7-18)14(12-19)6-9-20/h1-4,6,9,16H,5,7-8,10-12,18H2/b14-6-. The number of likely N-dealkylation sites (tertiary alicyclic amines) is 1. The number of carbonyl (C=O) groups excluding carboxylic acids is 1. The Morgan fingerprint density at radius 2 is 2.23 bits per heavy atom. The highest BCUT2D eigenvalue weighted by molar-refractivity contribution is 8.77. The number of allylic oxidation sites excluding steroid dienone is 1. The molecule has 1 aromatic rings. The number of nitrogens with two attached hydrogens (primary N) is 1. The summed E-state index contributed by atoms with van der Waals surface area (Å²) in [5, 5.41) is 0.346. The first-order valence-electron chi connectivity index (χ1n) is 7.33. The third kappa shape index (κ3) is 5.12. The van der Waals surface area contributed by atoms with E-state index in [-0.39, 0.29) is 5.82 Å². The predicted octanol–water partition coefficient (Wildman–Crippen LogP) is 2.87. The molecule has 3 nitrogen and oxygen atoms in total. The van der Waals surface area contributed by atoms with Gasteiger partial charge in [-0.15, -0.1) is 0 Å². The first-order valence-corrected chi connectivity index (χ1v) is 9.71. The van der Waals surface area contributed by atoms with Gasteiger partial charge in [0.2, 0.25) is 0 Å². The quantitative estimate of drug-likeness (QED) is 0.358. The number of piperidine rings is 1. The fraction of sp³-hybridized carbons (Fsp3) is 0.438. The Kier molecular flexibility index (Phi) is 7.45. The molecule has 2 rings (SSSR count). The lowest BCUT2D eigenvalue weighted by Crippen LogP contribution is -2.36. The van der Waals surface area contributed by atoms with E-state index in [4.69, 9.17) is 5.73 Å². The van der Waals surface area contributed by atoms with E-state index >= 15 is 0 Å². The Hall–Kier alpha value is -0.820. The molecule has 0 radical (unpaired) electrons. The maximum absolute atomic E-state index is 13.8. The van der Waals surface area contributed by atoms with Crippen LogP contribution < -0.4 is 5.73 Å². The van der Waals surface area contributed by atoms with Crippen LogP contribution in [0, 0.1) is 5.82 Å². The molecule has 0 saturated carbocycles. The van der Waals surface area contributed by atoms with Gasteiger partial charge in [-0.25, -0.2) is 4.39 Å². The van der Waals surface area contributed by atoms with Crippen LogP contribution in [0.1, 0.15) is 12.0 Å². The zero-order valence-corrected chi connectivity index (χ0v) is 14.0. The average molecular weight is 340 g/mol.